The number of amides is 1. The van der Waals surface area contributed by atoms with Gasteiger partial charge in [-0.25, -0.2) is 9.07 Å². The van der Waals surface area contributed by atoms with Crippen LogP contribution >= 0.6 is 0 Å². The Morgan fingerprint density at radius 1 is 1.10 bits per heavy atom. The predicted molar refractivity (Wildman–Crippen MR) is 103 cm³/mol. The molecule has 0 aliphatic carbocycles. The normalized spacial score (nSPS) is 12.8. The number of fused-ring (bicyclic) bond motifs is 1. The molecule has 0 bridgehead atoms. The fourth-order valence-electron chi connectivity index (χ4n) is 3.15. The number of esters is 1. The van der Waals surface area contributed by atoms with Crippen LogP contribution in [0.1, 0.15) is 6.92 Å². The number of rotatable bonds is 4. The van der Waals surface area contributed by atoms with Gasteiger partial charge < -0.3 is 4.74 Å². The van der Waals surface area contributed by atoms with Gasteiger partial charge in [-0.3, -0.25) is 25.0 Å². The second-order valence-corrected chi connectivity index (χ2v) is 6.48. The van der Waals surface area contributed by atoms with E-state index in [0.29, 0.717) is 24.6 Å². The number of pyridine rings is 1. The molecule has 0 atom stereocenters. The summed E-state index contributed by atoms with van der Waals surface area (Å²) in [5.41, 5.74) is 6.11. The van der Waals surface area contributed by atoms with E-state index in [9.17, 15) is 14.0 Å². The van der Waals surface area contributed by atoms with Gasteiger partial charge >= 0.3 is 5.97 Å². The first-order chi connectivity index (χ1) is 14.0. The Morgan fingerprint density at radius 3 is 2.52 bits per heavy atom. The molecular formula is C20H18FN5O3. The van der Waals surface area contributed by atoms with Gasteiger partial charge in [-0.05, 0) is 42.0 Å². The Morgan fingerprint density at radius 2 is 1.83 bits per heavy atom. The lowest BCUT2D eigenvalue weighted by Crippen LogP contribution is -2.44. The lowest BCUT2D eigenvalue weighted by atomic mass is 10.0. The molecule has 0 radical (unpaired) electrons. The minimum Gasteiger partial charge on any atom is -0.456 e. The van der Waals surface area contributed by atoms with Gasteiger partial charge in [0.25, 0.3) is 5.91 Å². The quantitative estimate of drug-likeness (QED) is 0.683. The lowest BCUT2D eigenvalue weighted by molar-refractivity contribution is -0.149. The van der Waals surface area contributed by atoms with Gasteiger partial charge in [0, 0.05) is 24.9 Å². The van der Waals surface area contributed by atoms with Gasteiger partial charge in [0.15, 0.2) is 12.4 Å². The maximum atomic E-state index is 13.4. The molecule has 3 aromatic rings. The minimum absolute atomic E-state index is 0.330. The molecule has 8 nitrogen and oxygen atoms in total. The van der Waals surface area contributed by atoms with Crippen molar-refractivity contribution < 1.29 is 18.7 Å². The summed E-state index contributed by atoms with van der Waals surface area (Å²) in [6.45, 7) is 1.72. The molecule has 0 fully saturated rings. The highest BCUT2D eigenvalue weighted by Crippen LogP contribution is 2.38. The Kier molecular flexibility index (Phi) is 4.94. The number of halogens is 1. The van der Waals surface area contributed by atoms with Crippen LogP contribution < -0.4 is 5.43 Å². The molecule has 0 unspecified atom stereocenters. The topological polar surface area (TPSA) is 89.4 Å². The van der Waals surface area contributed by atoms with Gasteiger partial charge in [-0.15, -0.1) is 0 Å². The zero-order valence-corrected chi connectivity index (χ0v) is 15.6. The highest BCUT2D eigenvalue weighted by atomic mass is 19.1. The maximum Gasteiger partial charge on any atom is 0.303 e. The Hall–Kier alpha value is -3.75. The Labute approximate surface area is 165 Å². The van der Waals surface area contributed by atoms with E-state index in [0.717, 1.165) is 16.7 Å². The van der Waals surface area contributed by atoms with Crippen LogP contribution in [0.15, 0.2) is 48.8 Å². The second kappa shape index (κ2) is 7.70. The summed E-state index contributed by atoms with van der Waals surface area (Å²) in [7, 11) is 0. The number of hydrogen-bond donors (Lipinski definition) is 1. The van der Waals surface area contributed by atoms with E-state index < -0.39 is 5.97 Å². The monoisotopic (exact) mass is 395 g/mol. The van der Waals surface area contributed by atoms with Crippen LogP contribution in [0.25, 0.3) is 22.4 Å². The first-order valence-electron chi connectivity index (χ1n) is 9.00. The fraction of sp³-hybridized carbons (Fsp3) is 0.200. The molecule has 1 aliphatic heterocycles. The summed E-state index contributed by atoms with van der Waals surface area (Å²) < 4.78 is 20.0. The van der Waals surface area contributed by atoms with E-state index in [1.165, 1.54) is 24.1 Å². The SMILES string of the molecule is CC(=O)OCC(=O)N1CCn2nc(-c3ccc(F)cc3)c(-c3ccncc3)c2N1. The van der Waals surface area contributed by atoms with Crippen molar-refractivity contribution in [3.05, 3.63) is 54.6 Å². The Bertz CT molecular complexity index is 1050. The number of nitrogens with zero attached hydrogens (tertiary/aromatic N) is 4. The standard InChI is InChI=1S/C20H18FN5O3/c1-13(27)29-12-17(28)25-10-11-26-20(24-25)18(14-6-8-22-9-7-14)19(23-26)15-2-4-16(21)5-3-15/h2-9,24H,10-12H2,1H3. The highest BCUT2D eigenvalue weighted by Gasteiger charge is 2.28. The third kappa shape index (κ3) is 3.79. The van der Waals surface area contributed by atoms with E-state index in [4.69, 9.17) is 4.74 Å². The minimum atomic E-state index is -0.517. The van der Waals surface area contributed by atoms with Crippen molar-refractivity contribution in [3.8, 4) is 22.4 Å². The van der Waals surface area contributed by atoms with Crippen LogP contribution in [0.3, 0.4) is 0 Å². The van der Waals surface area contributed by atoms with Crippen molar-refractivity contribution in [2.45, 2.75) is 13.5 Å². The van der Waals surface area contributed by atoms with Crippen LogP contribution in [0.5, 0.6) is 0 Å². The van der Waals surface area contributed by atoms with E-state index in [1.807, 2.05) is 12.1 Å². The van der Waals surface area contributed by atoms with E-state index in [-0.39, 0.29) is 18.3 Å². The summed E-state index contributed by atoms with van der Waals surface area (Å²) in [4.78, 5) is 27.4. The summed E-state index contributed by atoms with van der Waals surface area (Å²) in [6.07, 6.45) is 3.33. The van der Waals surface area contributed by atoms with E-state index in [2.05, 4.69) is 15.5 Å². The second-order valence-electron chi connectivity index (χ2n) is 6.48. The molecule has 2 aromatic heterocycles. The average Bonchev–Trinajstić information content (AvgIpc) is 3.11. The zero-order chi connectivity index (χ0) is 20.4. The van der Waals surface area contributed by atoms with Crippen molar-refractivity contribution in [1.29, 1.82) is 0 Å². The van der Waals surface area contributed by atoms with Crippen molar-refractivity contribution in [2.75, 3.05) is 18.6 Å². The molecule has 9 heteroatoms. The average molecular weight is 395 g/mol. The number of aromatic nitrogens is 3. The zero-order valence-electron chi connectivity index (χ0n) is 15.6. The molecular weight excluding hydrogens is 377 g/mol. The molecule has 148 valence electrons. The fourth-order valence-corrected chi connectivity index (χ4v) is 3.15. The van der Waals surface area contributed by atoms with Crippen LogP contribution in [0.4, 0.5) is 10.2 Å². The van der Waals surface area contributed by atoms with Gasteiger partial charge in [-0.2, -0.15) is 5.10 Å². The maximum absolute atomic E-state index is 13.4. The van der Waals surface area contributed by atoms with Crippen molar-refractivity contribution >= 4 is 17.7 Å². The van der Waals surface area contributed by atoms with Gasteiger partial charge in [0.1, 0.15) is 11.5 Å². The number of hydrazine groups is 1. The molecule has 0 saturated heterocycles. The van der Waals surface area contributed by atoms with Crippen LogP contribution in [0, 0.1) is 5.82 Å². The number of carbonyl (C=O) groups is 2. The summed E-state index contributed by atoms with van der Waals surface area (Å²) in [5, 5.41) is 6.08. The molecule has 3 heterocycles. The predicted octanol–water partition coefficient (Wildman–Crippen LogP) is 2.48. The van der Waals surface area contributed by atoms with E-state index >= 15 is 0 Å². The van der Waals surface area contributed by atoms with Crippen molar-refractivity contribution in [2.24, 2.45) is 0 Å². The summed E-state index contributed by atoms with van der Waals surface area (Å²) in [5.74, 6) is -0.588. The number of nitrogens with one attached hydrogen (secondary N) is 1. The molecule has 1 amide bonds. The Balaban J connectivity index is 1.74. The molecule has 1 N–H and O–H groups in total. The molecule has 1 aromatic carbocycles. The summed E-state index contributed by atoms with van der Waals surface area (Å²) >= 11 is 0. The first kappa shape index (κ1) is 18.6. The molecule has 4 rings (SSSR count). The van der Waals surface area contributed by atoms with Crippen LogP contribution in [0.2, 0.25) is 0 Å². The molecule has 0 saturated carbocycles. The highest BCUT2D eigenvalue weighted by molar-refractivity contribution is 5.90. The molecule has 0 spiro atoms. The van der Waals surface area contributed by atoms with Gasteiger partial charge in [-0.1, -0.05) is 0 Å². The van der Waals surface area contributed by atoms with Crippen molar-refractivity contribution in [3.63, 3.8) is 0 Å². The van der Waals surface area contributed by atoms with Gasteiger partial charge in [0.05, 0.1) is 18.7 Å². The lowest BCUT2D eigenvalue weighted by Gasteiger charge is -2.29. The first-order valence-corrected chi connectivity index (χ1v) is 9.00. The number of anilines is 1. The number of hydrogen-bond acceptors (Lipinski definition) is 6. The van der Waals surface area contributed by atoms with Crippen LogP contribution in [-0.2, 0) is 20.9 Å². The van der Waals surface area contributed by atoms with Crippen LogP contribution in [-0.4, -0.2) is 44.8 Å². The van der Waals surface area contributed by atoms with E-state index in [1.54, 1.807) is 29.2 Å². The number of ether oxygens (including phenoxy) is 1. The molecule has 1 aliphatic rings. The smallest absolute Gasteiger partial charge is 0.303 e. The number of benzene rings is 1. The third-order valence-corrected chi connectivity index (χ3v) is 4.52. The molecule has 29 heavy (non-hydrogen) atoms. The van der Waals surface area contributed by atoms with Gasteiger partial charge in [0.2, 0.25) is 0 Å². The van der Waals surface area contributed by atoms with Crippen molar-refractivity contribution in [1.82, 2.24) is 19.8 Å². The largest absolute Gasteiger partial charge is 0.456 e. The third-order valence-electron chi connectivity index (χ3n) is 4.52. The summed E-state index contributed by atoms with van der Waals surface area (Å²) in [6, 6.07) is 9.77. The number of carbonyl (C=O) groups excluding carboxylic acids is 2.